The van der Waals surface area contributed by atoms with Crippen molar-refractivity contribution in [3.05, 3.63) is 35.9 Å². The second-order valence-corrected chi connectivity index (χ2v) is 10.9. The molecule has 1 unspecified atom stereocenters. The monoisotopic (exact) mass is 503 g/mol. The predicted molar refractivity (Wildman–Crippen MR) is 159 cm³/mol. The summed E-state index contributed by atoms with van der Waals surface area (Å²) in [4.78, 5) is 12.6. The smallest absolute Gasteiger partial charge is 0.303 e. The fraction of sp³-hybridized carbons (Fsp3) is 0.788. The Kier molecular flexibility index (Phi) is 25.7. The van der Waals surface area contributed by atoms with Gasteiger partial charge in [0.15, 0.2) is 0 Å². The molecule has 0 radical (unpaired) electrons. The molecule has 1 aromatic rings. The van der Waals surface area contributed by atoms with Gasteiger partial charge in [0.1, 0.15) is 0 Å². The van der Waals surface area contributed by atoms with E-state index in [4.69, 9.17) is 5.11 Å². The van der Waals surface area contributed by atoms with Crippen LogP contribution in [-0.2, 0) is 11.2 Å². The number of carboxylic acids is 1. The number of hydrogen-bond donors (Lipinski definition) is 1. The van der Waals surface area contributed by atoms with Gasteiger partial charge in [-0.15, -0.1) is 0 Å². The Morgan fingerprint density at radius 1 is 0.667 bits per heavy atom. The fourth-order valence-electron chi connectivity index (χ4n) is 4.71. The SMILES string of the molecule is CCCCCCCCCCCC(=O)O.CCCCCCCCCCCC(Cc1ccccc1)N(C)C. The summed E-state index contributed by atoms with van der Waals surface area (Å²) in [6.45, 7) is 4.52. The van der Waals surface area contributed by atoms with Crippen LogP contribution in [-0.4, -0.2) is 36.1 Å². The van der Waals surface area contributed by atoms with Crippen molar-refractivity contribution in [3.8, 4) is 0 Å². The molecule has 3 nitrogen and oxygen atoms in total. The van der Waals surface area contributed by atoms with Gasteiger partial charge in [0, 0.05) is 12.5 Å². The summed E-state index contributed by atoms with van der Waals surface area (Å²) >= 11 is 0. The topological polar surface area (TPSA) is 40.5 Å². The molecule has 0 spiro atoms. The summed E-state index contributed by atoms with van der Waals surface area (Å²) in [7, 11) is 4.45. The lowest BCUT2D eigenvalue weighted by molar-refractivity contribution is -0.137. The first-order chi connectivity index (χ1) is 17.5. The van der Waals surface area contributed by atoms with Gasteiger partial charge in [0.05, 0.1) is 0 Å². The number of hydrogen-bond acceptors (Lipinski definition) is 2. The van der Waals surface area contributed by atoms with Crippen molar-refractivity contribution in [2.45, 2.75) is 155 Å². The molecule has 1 rings (SSSR count). The average Bonchev–Trinajstić information content (AvgIpc) is 2.87. The highest BCUT2D eigenvalue weighted by molar-refractivity contribution is 5.66. The molecule has 0 aliphatic carbocycles. The first-order valence-electron chi connectivity index (χ1n) is 15.4. The maximum absolute atomic E-state index is 10.2. The summed E-state index contributed by atoms with van der Waals surface area (Å²) in [5.41, 5.74) is 1.47. The van der Waals surface area contributed by atoms with E-state index in [9.17, 15) is 4.79 Å². The minimum absolute atomic E-state index is 0.343. The minimum atomic E-state index is -0.659. The van der Waals surface area contributed by atoms with Gasteiger partial charge in [-0.1, -0.05) is 153 Å². The summed E-state index contributed by atoms with van der Waals surface area (Å²) in [5, 5.41) is 8.41. The standard InChI is InChI=1S/C21H37N.C12H24O2/c1-4-5-6-7-8-9-10-11-15-18-21(22(2)3)19-20-16-13-12-14-17-20;1-2-3-4-5-6-7-8-9-10-11-12(13)14/h12-14,16-17,21H,4-11,15,18-19H2,1-3H3;2-11H2,1H3,(H,13,14). The van der Waals surface area contributed by atoms with Crippen molar-refractivity contribution in [2.75, 3.05) is 14.1 Å². The molecule has 210 valence electrons. The molecule has 0 aliphatic rings. The highest BCUT2D eigenvalue weighted by Gasteiger charge is 2.11. The van der Waals surface area contributed by atoms with Crippen LogP contribution in [0, 0.1) is 0 Å². The van der Waals surface area contributed by atoms with Crippen LogP contribution in [0.25, 0.3) is 0 Å². The molecule has 0 heterocycles. The molecule has 1 N–H and O–H groups in total. The quantitative estimate of drug-likeness (QED) is 0.151. The molecule has 3 heteroatoms. The summed E-state index contributed by atoms with van der Waals surface area (Å²) in [5.74, 6) is -0.659. The van der Waals surface area contributed by atoms with Crippen molar-refractivity contribution in [2.24, 2.45) is 0 Å². The Morgan fingerprint density at radius 2 is 1.08 bits per heavy atom. The number of nitrogens with zero attached hydrogens (tertiary/aromatic N) is 1. The highest BCUT2D eigenvalue weighted by atomic mass is 16.4. The van der Waals surface area contributed by atoms with E-state index < -0.39 is 5.97 Å². The van der Waals surface area contributed by atoms with Crippen LogP contribution in [0.2, 0.25) is 0 Å². The number of rotatable bonds is 23. The fourth-order valence-corrected chi connectivity index (χ4v) is 4.71. The van der Waals surface area contributed by atoms with Crippen LogP contribution in [0.4, 0.5) is 0 Å². The molecule has 0 amide bonds. The van der Waals surface area contributed by atoms with Gasteiger partial charge in [-0.05, 0) is 38.9 Å². The highest BCUT2D eigenvalue weighted by Crippen LogP contribution is 2.16. The van der Waals surface area contributed by atoms with Crippen LogP contribution in [0.1, 0.15) is 148 Å². The lowest BCUT2D eigenvalue weighted by Crippen LogP contribution is -2.30. The molecule has 1 aromatic carbocycles. The molecule has 0 saturated heterocycles. The Labute approximate surface area is 225 Å². The van der Waals surface area contributed by atoms with Crippen molar-refractivity contribution in [3.63, 3.8) is 0 Å². The maximum Gasteiger partial charge on any atom is 0.303 e. The first-order valence-corrected chi connectivity index (χ1v) is 15.4. The molecule has 36 heavy (non-hydrogen) atoms. The summed E-state index contributed by atoms with van der Waals surface area (Å²) in [6.07, 6.45) is 26.8. The number of aliphatic carboxylic acids is 1. The molecule has 0 aromatic heterocycles. The number of carbonyl (C=O) groups is 1. The predicted octanol–water partition coefficient (Wildman–Crippen LogP) is 10.1. The second kappa shape index (κ2) is 26.7. The Morgan fingerprint density at radius 3 is 1.50 bits per heavy atom. The van der Waals surface area contributed by atoms with Gasteiger partial charge in [-0.25, -0.2) is 0 Å². The molecule has 0 fully saturated rings. The Hall–Kier alpha value is -1.35. The average molecular weight is 504 g/mol. The zero-order valence-electron chi connectivity index (χ0n) is 24.6. The van der Waals surface area contributed by atoms with Crippen molar-refractivity contribution < 1.29 is 9.90 Å². The van der Waals surface area contributed by atoms with Crippen LogP contribution < -0.4 is 0 Å². The van der Waals surface area contributed by atoms with Gasteiger partial charge in [-0.3, -0.25) is 4.79 Å². The van der Waals surface area contributed by atoms with E-state index in [2.05, 4.69) is 63.2 Å². The molecular weight excluding hydrogens is 442 g/mol. The van der Waals surface area contributed by atoms with Crippen molar-refractivity contribution in [1.29, 1.82) is 0 Å². The van der Waals surface area contributed by atoms with E-state index in [0.717, 1.165) is 12.8 Å². The van der Waals surface area contributed by atoms with E-state index in [1.165, 1.54) is 121 Å². The third kappa shape index (κ3) is 24.3. The second-order valence-electron chi connectivity index (χ2n) is 10.9. The third-order valence-corrected chi connectivity index (χ3v) is 7.18. The van der Waals surface area contributed by atoms with E-state index >= 15 is 0 Å². The third-order valence-electron chi connectivity index (χ3n) is 7.18. The van der Waals surface area contributed by atoms with E-state index in [1.807, 2.05) is 0 Å². The normalized spacial score (nSPS) is 11.8. The molecule has 1 atom stereocenters. The van der Waals surface area contributed by atoms with Crippen LogP contribution in [0.15, 0.2) is 30.3 Å². The zero-order valence-corrected chi connectivity index (χ0v) is 24.6. The van der Waals surface area contributed by atoms with Gasteiger partial charge in [0.25, 0.3) is 0 Å². The molecule has 0 aliphatic heterocycles. The Balaban J connectivity index is 0.000000757. The molecule has 0 saturated carbocycles. The molecule has 0 bridgehead atoms. The Bertz CT molecular complexity index is 572. The number of carboxylic acid groups (broad SMARTS) is 1. The zero-order chi connectivity index (χ0) is 26.7. The number of benzene rings is 1. The van der Waals surface area contributed by atoms with Crippen LogP contribution in [0.3, 0.4) is 0 Å². The van der Waals surface area contributed by atoms with Gasteiger partial charge < -0.3 is 10.0 Å². The summed E-state index contributed by atoms with van der Waals surface area (Å²) < 4.78 is 0. The summed E-state index contributed by atoms with van der Waals surface area (Å²) in [6, 6.07) is 11.6. The van der Waals surface area contributed by atoms with E-state index in [0.29, 0.717) is 12.5 Å². The lowest BCUT2D eigenvalue weighted by atomic mass is 9.98. The van der Waals surface area contributed by atoms with E-state index in [-0.39, 0.29) is 0 Å². The number of unbranched alkanes of at least 4 members (excludes halogenated alkanes) is 16. The first kappa shape index (κ1) is 34.6. The van der Waals surface area contributed by atoms with Crippen molar-refractivity contribution >= 4 is 5.97 Å². The van der Waals surface area contributed by atoms with E-state index in [1.54, 1.807) is 0 Å². The largest absolute Gasteiger partial charge is 0.481 e. The van der Waals surface area contributed by atoms with Crippen LogP contribution >= 0.6 is 0 Å². The van der Waals surface area contributed by atoms with Gasteiger partial charge in [0.2, 0.25) is 0 Å². The minimum Gasteiger partial charge on any atom is -0.481 e. The lowest BCUT2D eigenvalue weighted by Gasteiger charge is -2.24. The van der Waals surface area contributed by atoms with Gasteiger partial charge >= 0.3 is 5.97 Å². The van der Waals surface area contributed by atoms with Gasteiger partial charge in [-0.2, -0.15) is 0 Å². The van der Waals surface area contributed by atoms with Crippen molar-refractivity contribution in [1.82, 2.24) is 4.90 Å². The number of likely N-dealkylation sites (N-methyl/N-ethyl adjacent to an activating group) is 1. The maximum atomic E-state index is 10.2. The van der Waals surface area contributed by atoms with Crippen LogP contribution in [0.5, 0.6) is 0 Å². The molecular formula is C33H61NO2.